The third-order valence-electron chi connectivity index (χ3n) is 6.36. The van der Waals surface area contributed by atoms with Gasteiger partial charge in [-0.25, -0.2) is 0 Å². The van der Waals surface area contributed by atoms with Gasteiger partial charge < -0.3 is 4.90 Å². The van der Waals surface area contributed by atoms with Crippen LogP contribution in [0.4, 0.5) is 0 Å². The summed E-state index contributed by atoms with van der Waals surface area (Å²) in [4.78, 5) is 21.5. The van der Waals surface area contributed by atoms with Crippen LogP contribution in [0.3, 0.4) is 0 Å². The van der Waals surface area contributed by atoms with Crippen molar-refractivity contribution in [2.45, 2.75) is 27.3 Å². The topological polar surface area (TPSA) is 36.4 Å². The van der Waals surface area contributed by atoms with Crippen LogP contribution in [0.5, 0.6) is 0 Å². The van der Waals surface area contributed by atoms with Crippen molar-refractivity contribution in [3.05, 3.63) is 94.7 Å². The van der Waals surface area contributed by atoms with Crippen molar-refractivity contribution < 1.29 is 4.79 Å². The number of rotatable bonds is 5. The SMILES string of the molecule is Cc1cc(-c2cc(CN3CCN(C(=O)/C=C/c4ccccc4)CC3)ccn2)cc(C)c1C. The Bertz CT molecular complexity index is 1090. The summed E-state index contributed by atoms with van der Waals surface area (Å²) in [6, 6.07) is 18.7. The average molecular weight is 426 g/mol. The molecule has 0 aliphatic carbocycles. The maximum atomic E-state index is 12.5. The second kappa shape index (κ2) is 9.92. The van der Waals surface area contributed by atoms with Gasteiger partial charge in [0.05, 0.1) is 5.69 Å². The number of hydrogen-bond acceptors (Lipinski definition) is 3. The highest BCUT2D eigenvalue weighted by atomic mass is 16.2. The molecule has 0 atom stereocenters. The molecule has 0 bridgehead atoms. The number of pyridine rings is 1. The Morgan fingerprint density at radius 2 is 1.62 bits per heavy atom. The summed E-state index contributed by atoms with van der Waals surface area (Å²) in [6.45, 7) is 10.6. The Balaban J connectivity index is 1.35. The molecule has 1 aliphatic heterocycles. The minimum Gasteiger partial charge on any atom is -0.337 e. The van der Waals surface area contributed by atoms with E-state index in [0.29, 0.717) is 0 Å². The number of aryl methyl sites for hydroxylation is 2. The smallest absolute Gasteiger partial charge is 0.246 e. The first-order valence-corrected chi connectivity index (χ1v) is 11.3. The fourth-order valence-corrected chi connectivity index (χ4v) is 4.14. The highest BCUT2D eigenvalue weighted by molar-refractivity contribution is 5.91. The molecular weight excluding hydrogens is 394 g/mol. The standard InChI is InChI=1S/C28H31N3O/c1-21-17-26(18-22(2)23(21)3)27-19-25(11-12-29-27)20-30-13-15-31(16-14-30)28(32)10-9-24-7-5-4-6-8-24/h4-12,17-19H,13-16,20H2,1-3H3/b10-9+. The number of hydrogen-bond donors (Lipinski definition) is 0. The fourth-order valence-electron chi connectivity index (χ4n) is 4.14. The lowest BCUT2D eigenvalue weighted by molar-refractivity contribution is -0.127. The van der Waals surface area contributed by atoms with Crippen molar-refractivity contribution in [2.75, 3.05) is 26.2 Å². The van der Waals surface area contributed by atoms with Crippen LogP contribution in [-0.4, -0.2) is 46.9 Å². The highest BCUT2D eigenvalue weighted by Gasteiger charge is 2.20. The minimum absolute atomic E-state index is 0.0878. The van der Waals surface area contributed by atoms with E-state index in [-0.39, 0.29) is 5.91 Å². The van der Waals surface area contributed by atoms with Gasteiger partial charge in [-0.05, 0) is 78.9 Å². The molecule has 0 unspecified atom stereocenters. The van der Waals surface area contributed by atoms with Gasteiger partial charge in [-0.2, -0.15) is 0 Å². The van der Waals surface area contributed by atoms with Crippen molar-refractivity contribution in [1.29, 1.82) is 0 Å². The van der Waals surface area contributed by atoms with E-state index in [9.17, 15) is 4.79 Å². The fraction of sp³-hybridized carbons (Fsp3) is 0.286. The van der Waals surface area contributed by atoms with E-state index < -0.39 is 0 Å². The van der Waals surface area contributed by atoms with E-state index in [0.717, 1.165) is 44.0 Å². The number of carbonyl (C=O) groups excluding carboxylic acids is 1. The zero-order valence-electron chi connectivity index (χ0n) is 19.2. The lowest BCUT2D eigenvalue weighted by Gasteiger charge is -2.34. The minimum atomic E-state index is 0.0878. The Hall–Kier alpha value is -3.24. The largest absolute Gasteiger partial charge is 0.337 e. The van der Waals surface area contributed by atoms with Gasteiger partial charge >= 0.3 is 0 Å². The molecule has 1 amide bonds. The van der Waals surface area contributed by atoms with Gasteiger partial charge in [0, 0.05) is 50.6 Å². The van der Waals surface area contributed by atoms with E-state index >= 15 is 0 Å². The number of nitrogens with zero attached hydrogens (tertiary/aromatic N) is 3. The van der Waals surface area contributed by atoms with Gasteiger partial charge in [0.1, 0.15) is 0 Å². The van der Waals surface area contributed by atoms with Crippen molar-refractivity contribution in [3.8, 4) is 11.3 Å². The zero-order valence-corrected chi connectivity index (χ0v) is 19.2. The summed E-state index contributed by atoms with van der Waals surface area (Å²) in [5.74, 6) is 0.0878. The Morgan fingerprint density at radius 1 is 0.938 bits per heavy atom. The Kier molecular flexibility index (Phi) is 6.81. The molecule has 0 spiro atoms. The van der Waals surface area contributed by atoms with Crippen LogP contribution in [0.2, 0.25) is 0 Å². The first-order chi connectivity index (χ1) is 15.5. The summed E-state index contributed by atoms with van der Waals surface area (Å²) in [7, 11) is 0. The predicted molar refractivity (Wildman–Crippen MR) is 131 cm³/mol. The van der Waals surface area contributed by atoms with Gasteiger partial charge in [0.25, 0.3) is 0 Å². The number of amides is 1. The third kappa shape index (κ3) is 5.32. The molecule has 1 aromatic heterocycles. The highest BCUT2D eigenvalue weighted by Crippen LogP contribution is 2.24. The second-order valence-corrected chi connectivity index (χ2v) is 8.63. The summed E-state index contributed by atoms with van der Waals surface area (Å²) >= 11 is 0. The molecule has 0 N–H and O–H groups in total. The molecule has 1 saturated heterocycles. The number of aromatic nitrogens is 1. The summed E-state index contributed by atoms with van der Waals surface area (Å²) in [5, 5.41) is 0. The van der Waals surface area contributed by atoms with Crippen LogP contribution < -0.4 is 0 Å². The number of benzene rings is 2. The van der Waals surface area contributed by atoms with Crippen molar-refractivity contribution in [1.82, 2.24) is 14.8 Å². The molecule has 4 rings (SSSR count). The predicted octanol–water partition coefficient (Wildman–Crippen LogP) is 5.03. The van der Waals surface area contributed by atoms with E-state index in [4.69, 9.17) is 0 Å². The first kappa shape index (κ1) is 22.0. The molecular formula is C28H31N3O. The molecule has 3 aromatic rings. The Morgan fingerprint density at radius 3 is 2.31 bits per heavy atom. The van der Waals surface area contributed by atoms with Crippen LogP contribution >= 0.6 is 0 Å². The van der Waals surface area contributed by atoms with E-state index in [2.05, 4.69) is 54.9 Å². The van der Waals surface area contributed by atoms with Gasteiger partial charge in [-0.15, -0.1) is 0 Å². The second-order valence-electron chi connectivity index (χ2n) is 8.63. The molecule has 164 valence electrons. The van der Waals surface area contributed by atoms with Crippen LogP contribution in [0, 0.1) is 20.8 Å². The lowest BCUT2D eigenvalue weighted by Crippen LogP contribution is -2.47. The van der Waals surface area contributed by atoms with Crippen LogP contribution in [-0.2, 0) is 11.3 Å². The van der Waals surface area contributed by atoms with Crippen LogP contribution in [0.1, 0.15) is 27.8 Å². The average Bonchev–Trinajstić information content (AvgIpc) is 2.82. The zero-order chi connectivity index (χ0) is 22.5. The monoisotopic (exact) mass is 425 g/mol. The third-order valence-corrected chi connectivity index (χ3v) is 6.36. The van der Waals surface area contributed by atoms with Crippen molar-refractivity contribution in [2.24, 2.45) is 0 Å². The maximum absolute atomic E-state index is 12.5. The van der Waals surface area contributed by atoms with E-state index in [1.54, 1.807) is 6.08 Å². The number of carbonyl (C=O) groups is 1. The van der Waals surface area contributed by atoms with Gasteiger partial charge in [0.15, 0.2) is 0 Å². The van der Waals surface area contributed by atoms with E-state index in [1.165, 1.54) is 27.8 Å². The van der Waals surface area contributed by atoms with Gasteiger partial charge in [-0.1, -0.05) is 30.3 Å². The Labute approximate surface area is 191 Å². The quantitative estimate of drug-likeness (QED) is 0.538. The normalized spacial score (nSPS) is 14.8. The molecule has 4 heteroatoms. The molecule has 4 nitrogen and oxygen atoms in total. The van der Waals surface area contributed by atoms with Gasteiger partial charge in [0.2, 0.25) is 5.91 Å². The number of piperazine rings is 1. The van der Waals surface area contributed by atoms with E-state index in [1.807, 2.05) is 47.5 Å². The van der Waals surface area contributed by atoms with Crippen LogP contribution in [0.25, 0.3) is 17.3 Å². The molecule has 1 aliphatic rings. The lowest BCUT2D eigenvalue weighted by atomic mass is 9.98. The summed E-state index contributed by atoms with van der Waals surface area (Å²) in [6.07, 6.45) is 5.48. The molecule has 2 heterocycles. The molecule has 1 fully saturated rings. The van der Waals surface area contributed by atoms with Gasteiger partial charge in [-0.3, -0.25) is 14.7 Å². The van der Waals surface area contributed by atoms with Crippen molar-refractivity contribution in [3.63, 3.8) is 0 Å². The summed E-state index contributed by atoms with van der Waals surface area (Å²) in [5.41, 5.74) is 8.45. The molecule has 32 heavy (non-hydrogen) atoms. The molecule has 0 saturated carbocycles. The maximum Gasteiger partial charge on any atom is 0.246 e. The first-order valence-electron chi connectivity index (χ1n) is 11.3. The van der Waals surface area contributed by atoms with Crippen molar-refractivity contribution >= 4 is 12.0 Å². The van der Waals surface area contributed by atoms with Crippen LogP contribution in [0.15, 0.2) is 66.9 Å². The molecule has 2 aromatic carbocycles. The molecule has 0 radical (unpaired) electrons. The summed E-state index contributed by atoms with van der Waals surface area (Å²) < 4.78 is 0.